The minimum Gasteiger partial charge on any atom is -0.491 e. The molecule has 1 atom stereocenters. The van der Waals surface area contributed by atoms with Gasteiger partial charge in [0.15, 0.2) is 5.78 Å². The first-order chi connectivity index (χ1) is 9.16. The quantitative estimate of drug-likeness (QED) is 0.844. The first-order valence-corrected chi connectivity index (χ1v) is 6.85. The molecule has 0 aliphatic carbocycles. The second kappa shape index (κ2) is 8.25. The second-order valence-electron chi connectivity index (χ2n) is 5.06. The third-order valence-corrected chi connectivity index (χ3v) is 3.38. The van der Waals surface area contributed by atoms with Gasteiger partial charge in [0, 0.05) is 32.2 Å². The van der Waals surface area contributed by atoms with E-state index >= 15 is 0 Å². The van der Waals surface area contributed by atoms with Crippen molar-refractivity contribution in [1.29, 1.82) is 0 Å². The van der Waals surface area contributed by atoms with Gasteiger partial charge < -0.3 is 10.1 Å². The predicted octanol–water partition coefficient (Wildman–Crippen LogP) is 1.98. The van der Waals surface area contributed by atoms with E-state index in [2.05, 4.69) is 17.1 Å². The van der Waals surface area contributed by atoms with Crippen LogP contribution >= 0.6 is 12.4 Å². The zero-order valence-electron chi connectivity index (χ0n) is 12.1. The van der Waals surface area contributed by atoms with Gasteiger partial charge in [-0.2, -0.15) is 0 Å². The number of Topliss-reactive ketones (excluding diaryl/α,β-unsaturated/α-hetero) is 1. The van der Waals surface area contributed by atoms with E-state index in [1.165, 1.54) is 0 Å². The fourth-order valence-electron chi connectivity index (χ4n) is 2.38. The SMILES string of the molecule is CC(=O)c1ccccc1OCCN1CCNC(C)C1.Cl. The Kier molecular flexibility index (Phi) is 6.99. The maximum atomic E-state index is 11.5. The molecule has 0 amide bonds. The van der Waals surface area contributed by atoms with Crippen molar-refractivity contribution in [1.82, 2.24) is 10.2 Å². The molecule has 1 aromatic carbocycles. The van der Waals surface area contributed by atoms with Crippen LogP contribution in [0, 0.1) is 0 Å². The molecule has 1 unspecified atom stereocenters. The fourth-order valence-corrected chi connectivity index (χ4v) is 2.38. The lowest BCUT2D eigenvalue weighted by molar-refractivity contribution is 0.101. The number of carbonyl (C=O) groups excluding carboxylic acids is 1. The number of hydrogen-bond acceptors (Lipinski definition) is 4. The number of halogens is 1. The lowest BCUT2D eigenvalue weighted by Gasteiger charge is -2.31. The van der Waals surface area contributed by atoms with Crippen LogP contribution in [0.15, 0.2) is 24.3 Å². The Balaban J connectivity index is 0.00000200. The predicted molar refractivity (Wildman–Crippen MR) is 83.1 cm³/mol. The molecule has 1 saturated heterocycles. The molecule has 0 spiro atoms. The number of nitrogens with one attached hydrogen (secondary N) is 1. The molecular weight excluding hydrogens is 276 g/mol. The summed E-state index contributed by atoms with van der Waals surface area (Å²) < 4.78 is 5.75. The largest absolute Gasteiger partial charge is 0.491 e. The minimum absolute atomic E-state index is 0. The van der Waals surface area contributed by atoms with Gasteiger partial charge in [-0.3, -0.25) is 9.69 Å². The van der Waals surface area contributed by atoms with Crippen LogP contribution in [0.3, 0.4) is 0 Å². The van der Waals surface area contributed by atoms with Crippen molar-refractivity contribution < 1.29 is 9.53 Å². The monoisotopic (exact) mass is 298 g/mol. The summed E-state index contributed by atoms with van der Waals surface area (Å²) in [5.41, 5.74) is 0.663. The molecule has 0 aromatic heterocycles. The average Bonchev–Trinajstić information content (AvgIpc) is 2.39. The van der Waals surface area contributed by atoms with Crippen molar-refractivity contribution >= 4 is 18.2 Å². The maximum absolute atomic E-state index is 11.5. The average molecular weight is 299 g/mol. The Morgan fingerprint density at radius 3 is 2.90 bits per heavy atom. The van der Waals surface area contributed by atoms with Gasteiger partial charge in [0.2, 0.25) is 0 Å². The van der Waals surface area contributed by atoms with E-state index in [1.54, 1.807) is 6.92 Å². The summed E-state index contributed by atoms with van der Waals surface area (Å²) in [4.78, 5) is 13.9. The van der Waals surface area contributed by atoms with Crippen LogP contribution < -0.4 is 10.1 Å². The van der Waals surface area contributed by atoms with Crippen molar-refractivity contribution in [2.45, 2.75) is 19.9 Å². The van der Waals surface area contributed by atoms with Crippen molar-refractivity contribution in [3.8, 4) is 5.75 Å². The summed E-state index contributed by atoms with van der Waals surface area (Å²) in [6, 6.07) is 7.97. The molecule has 0 saturated carbocycles. The first-order valence-electron chi connectivity index (χ1n) is 6.85. The van der Waals surface area contributed by atoms with Crippen LogP contribution in [0.25, 0.3) is 0 Å². The van der Waals surface area contributed by atoms with Crippen LogP contribution in [0.2, 0.25) is 0 Å². The Bertz CT molecular complexity index is 440. The van der Waals surface area contributed by atoms with E-state index in [1.807, 2.05) is 24.3 Å². The van der Waals surface area contributed by atoms with Crippen LogP contribution in [0.1, 0.15) is 24.2 Å². The highest BCUT2D eigenvalue weighted by Gasteiger charge is 2.15. The van der Waals surface area contributed by atoms with Crippen molar-refractivity contribution in [2.75, 3.05) is 32.8 Å². The third-order valence-electron chi connectivity index (χ3n) is 3.38. The maximum Gasteiger partial charge on any atom is 0.163 e. The second-order valence-corrected chi connectivity index (χ2v) is 5.06. The molecule has 1 heterocycles. The Hall–Kier alpha value is -1.10. The van der Waals surface area contributed by atoms with Gasteiger partial charge in [-0.25, -0.2) is 0 Å². The zero-order valence-corrected chi connectivity index (χ0v) is 12.9. The van der Waals surface area contributed by atoms with Crippen LogP contribution in [0.5, 0.6) is 5.75 Å². The molecule has 0 radical (unpaired) electrons. The molecular formula is C15H23ClN2O2. The molecule has 4 nitrogen and oxygen atoms in total. The van der Waals surface area contributed by atoms with Crippen molar-refractivity contribution in [2.24, 2.45) is 0 Å². The summed E-state index contributed by atoms with van der Waals surface area (Å²) >= 11 is 0. The van der Waals surface area contributed by atoms with Crippen LogP contribution in [0.4, 0.5) is 0 Å². The van der Waals surface area contributed by atoms with E-state index in [0.29, 0.717) is 24.0 Å². The van der Waals surface area contributed by atoms with Gasteiger partial charge in [-0.1, -0.05) is 12.1 Å². The molecule has 2 rings (SSSR count). The summed E-state index contributed by atoms with van der Waals surface area (Å²) in [5, 5.41) is 3.42. The molecule has 1 aliphatic heterocycles. The number of piperazine rings is 1. The van der Waals surface area contributed by atoms with E-state index in [-0.39, 0.29) is 18.2 Å². The van der Waals surface area contributed by atoms with Gasteiger partial charge in [0.25, 0.3) is 0 Å². The summed E-state index contributed by atoms with van der Waals surface area (Å²) in [5.74, 6) is 0.740. The first kappa shape index (κ1) is 17.0. The normalized spacial score (nSPS) is 19.2. The Labute approximate surface area is 126 Å². The van der Waals surface area contributed by atoms with Gasteiger partial charge in [-0.15, -0.1) is 12.4 Å². The van der Waals surface area contributed by atoms with E-state index in [9.17, 15) is 4.79 Å². The van der Waals surface area contributed by atoms with E-state index in [0.717, 1.165) is 26.2 Å². The van der Waals surface area contributed by atoms with E-state index in [4.69, 9.17) is 4.74 Å². The fraction of sp³-hybridized carbons (Fsp3) is 0.533. The van der Waals surface area contributed by atoms with Crippen molar-refractivity contribution in [3.05, 3.63) is 29.8 Å². The molecule has 1 aliphatic rings. The molecule has 112 valence electrons. The van der Waals surface area contributed by atoms with Crippen LogP contribution in [-0.2, 0) is 0 Å². The van der Waals surface area contributed by atoms with Gasteiger partial charge in [-0.05, 0) is 26.0 Å². The number of nitrogens with zero attached hydrogens (tertiary/aromatic N) is 1. The molecule has 1 N–H and O–H groups in total. The molecule has 0 bridgehead atoms. The van der Waals surface area contributed by atoms with Gasteiger partial charge >= 0.3 is 0 Å². The van der Waals surface area contributed by atoms with Crippen LogP contribution in [-0.4, -0.2) is 49.5 Å². The van der Waals surface area contributed by atoms with Crippen molar-refractivity contribution in [3.63, 3.8) is 0 Å². The summed E-state index contributed by atoms with van der Waals surface area (Å²) in [6.45, 7) is 8.43. The van der Waals surface area contributed by atoms with Gasteiger partial charge in [0.1, 0.15) is 12.4 Å². The minimum atomic E-state index is 0. The number of rotatable bonds is 5. The highest BCUT2D eigenvalue weighted by molar-refractivity contribution is 5.96. The number of ketones is 1. The molecule has 1 fully saturated rings. The lowest BCUT2D eigenvalue weighted by atomic mass is 10.1. The smallest absolute Gasteiger partial charge is 0.163 e. The topological polar surface area (TPSA) is 41.6 Å². The highest BCUT2D eigenvalue weighted by Crippen LogP contribution is 2.18. The molecule has 1 aromatic rings. The number of para-hydroxylation sites is 1. The highest BCUT2D eigenvalue weighted by atomic mass is 35.5. The zero-order chi connectivity index (χ0) is 13.7. The number of hydrogen-bond donors (Lipinski definition) is 1. The molecule has 5 heteroatoms. The number of carbonyl (C=O) groups is 1. The van der Waals surface area contributed by atoms with Gasteiger partial charge in [0.05, 0.1) is 5.56 Å². The standard InChI is InChI=1S/C15H22N2O2.ClH/c1-12-11-17(8-7-16-12)9-10-19-15-6-4-3-5-14(15)13(2)18;/h3-6,12,16H,7-11H2,1-2H3;1H. The summed E-state index contributed by atoms with van der Waals surface area (Å²) in [6.07, 6.45) is 0. The van der Waals surface area contributed by atoms with E-state index < -0.39 is 0 Å². The number of ether oxygens (including phenoxy) is 1. The lowest BCUT2D eigenvalue weighted by Crippen LogP contribution is -2.50. The summed E-state index contributed by atoms with van der Waals surface area (Å²) in [7, 11) is 0. The number of benzene rings is 1. The third kappa shape index (κ3) is 4.78. The molecule has 20 heavy (non-hydrogen) atoms. The Morgan fingerprint density at radius 1 is 1.45 bits per heavy atom. The Morgan fingerprint density at radius 2 is 2.20 bits per heavy atom.